The largest absolute Gasteiger partial charge is 0.497 e. The molecule has 2 N–H and O–H groups in total. The van der Waals surface area contributed by atoms with Gasteiger partial charge in [0.1, 0.15) is 47.3 Å². The average Bonchev–Trinajstić information content (AvgIpc) is 3.96. The number of alkyl carbamates (subject to hydrolysis) is 1. The summed E-state index contributed by atoms with van der Waals surface area (Å²) in [5.74, 6) is -0.430. The second-order valence-electron chi connectivity index (χ2n) is 17.2. The number of aromatic nitrogens is 1. The van der Waals surface area contributed by atoms with Crippen LogP contribution in [-0.4, -0.2) is 71.5 Å². The van der Waals surface area contributed by atoms with Crippen molar-refractivity contribution >= 4 is 36.4 Å². The number of para-hydroxylation sites is 2. The minimum atomic E-state index is -4.20. The van der Waals surface area contributed by atoms with E-state index >= 15 is 4.57 Å². The highest BCUT2D eigenvalue weighted by Crippen LogP contribution is 2.53. The first-order chi connectivity index (χ1) is 30.3. The van der Waals surface area contributed by atoms with E-state index in [1.807, 2.05) is 94.4 Å². The quantitative estimate of drug-likeness (QED) is 0.0916. The standard InChI is InChI=1S/C49H57N4O9P/c1-6-18-44(63(57,61-35-23-12-8-13-24-35)62-36-25-14-9-15-26-36)51-46(54)42-30-38(32-53(42)47(55)45(49(2,3)4)52-48(56)60-34-21-16-17-22-34)59-43-31-40(33-19-10-7-11-20-33)50-41-29-37(58-5)27-28-39(41)43/h7-15,19-20,23-29,31,34,38,42,44-45H,6,16-18,21-22,30,32H2,1-5H3,(H,51,54)(H,52,56)/t38-,42+,44?,45-/m1/s1. The summed E-state index contributed by atoms with van der Waals surface area (Å²) >= 11 is 0. The Balaban J connectivity index is 1.23. The fourth-order valence-corrected chi connectivity index (χ4v) is 10.1. The van der Waals surface area contributed by atoms with Crippen LogP contribution < -0.4 is 29.2 Å². The summed E-state index contributed by atoms with van der Waals surface area (Å²) < 4.78 is 45.6. The van der Waals surface area contributed by atoms with Crippen molar-refractivity contribution in [2.24, 2.45) is 5.41 Å². The van der Waals surface area contributed by atoms with Crippen molar-refractivity contribution in [2.75, 3.05) is 13.7 Å². The van der Waals surface area contributed by atoms with Gasteiger partial charge in [-0.1, -0.05) is 101 Å². The van der Waals surface area contributed by atoms with Gasteiger partial charge in [-0.3, -0.25) is 9.59 Å². The number of ether oxygens (including phenoxy) is 3. The zero-order valence-corrected chi connectivity index (χ0v) is 37.4. The van der Waals surface area contributed by atoms with E-state index in [0.717, 1.165) is 31.2 Å². The molecule has 14 heteroatoms. The lowest BCUT2D eigenvalue weighted by Crippen LogP contribution is -2.58. The topological polar surface area (TPSA) is 155 Å². The van der Waals surface area contributed by atoms with Crippen molar-refractivity contribution in [2.45, 2.75) is 103 Å². The molecule has 2 heterocycles. The lowest BCUT2D eigenvalue weighted by molar-refractivity contribution is -0.142. The molecule has 332 valence electrons. The van der Waals surface area contributed by atoms with Gasteiger partial charge in [-0.05, 0) is 73.9 Å². The molecule has 0 radical (unpaired) electrons. The Morgan fingerprint density at radius 2 is 1.43 bits per heavy atom. The van der Waals surface area contributed by atoms with Gasteiger partial charge in [0, 0.05) is 29.5 Å². The van der Waals surface area contributed by atoms with Gasteiger partial charge in [-0.15, -0.1) is 0 Å². The number of amides is 3. The second kappa shape index (κ2) is 20.0. The maximum absolute atomic E-state index is 15.1. The number of carbonyl (C=O) groups excluding carboxylic acids is 3. The van der Waals surface area contributed by atoms with Crippen LogP contribution in [-0.2, 0) is 18.9 Å². The molecule has 1 saturated heterocycles. The summed E-state index contributed by atoms with van der Waals surface area (Å²) in [5, 5.41) is 6.58. The number of hydrogen-bond acceptors (Lipinski definition) is 10. The van der Waals surface area contributed by atoms with Crippen molar-refractivity contribution in [1.82, 2.24) is 20.5 Å². The van der Waals surface area contributed by atoms with Crippen LogP contribution in [0.15, 0.2) is 115 Å². The maximum atomic E-state index is 15.1. The van der Waals surface area contributed by atoms with Gasteiger partial charge in [-0.25, -0.2) is 14.3 Å². The fourth-order valence-electron chi connectivity index (χ4n) is 8.08. The van der Waals surface area contributed by atoms with E-state index in [4.69, 9.17) is 28.2 Å². The number of fused-ring (bicyclic) bond motifs is 1. The lowest BCUT2D eigenvalue weighted by atomic mass is 9.85. The molecule has 4 atom stereocenters. The molecular formula is C49H57N4O9P. The highest BCUT2D eigenvalue weighted by molar-refractivity contribution is 7.55. The second-order valence-corrected chi connectivity index (χ2v) is 19.2. The minimum Gasteiger partial charge on any atom is -0.497 e. The monoisotopic (exact) mass is 876 g/mol. The lowest BCUT2D eigenvalue weighted by Gasteiger charge is -2.35. The molecule has 7 rings (SSSR count). The number of methoxy groups -OCH3 is 1. The van der Waals surface area contributed by atoms with Gasteiger partial charge < -0.3 is 38.8 Å². The van der Waals surface area contributed by atoms with Crippen LogP contribution in [0.25, 0.3) is 22.2 Å². The number of likely N-dealkylation sites (tertiary alicyclic amines) is 1. The predicted octanol–water partition coefficient (Wildman–Crippen LogP) is 9.94. The van der Waals surface area contributed by atoms with E-state index in [1.54, 1.807) is 55.6 Å². The van der Waals surface area contributed by atoms with Gasteiger partial charge in [-0.2, -0.15) is 0 Å². The summed E-state index contributed by atoms with van der Waals surface area (Å²) in [5.41, 5.74) is 1.39. The number of rotatable bonds is 16. The molecule has 1 saturated carbocycles. The van der Waals surface area contributed by atoms with Crippen LogP contribution in [0.3, 0.4) is 0 Å². The molecule has 1 unspecified atom stereocenters. The highest BCUT2D eigenvalue weighted by atomic mass is 31.2. The van der Waals surface area contributed by atoms with Crippen LogP contribution in [0.1, 0.15) is 72.6 Å². The third-order valence-corrected chi connectivity index (χ3v) is 13.4. The first-order valence-electron chi connectivity index (χ1n) is 21.7. The molecule has 1 aliphatic carbocycles. The normalized spacial score (nSPS) is 17.7. The number of benzene rings is 4. The van der Waals surface area contributed by atoms with E-state index < -0.39 is 54.9 Å². The predicted molar refractivity (Wildman–Crippen MR) is 242 cm³/mol. The summed E-state index contributed by atoms with van der Waals surface area (Å²) in [6.45, 7) is 7.46. The minimum absolute atomic E-state index is 0.000625. The number of nitrogens with zero attached hydrogens (tertiary/aromatic N) is 2. The molecule has 2 aliphatic rings. The number of carbonyl (C=O) groups is 3. The Labute approximate surface area is 369 Å². The van der Waals surface area contributed by atoms with Crippen LogP contribution >= 0.6 is 7.60 Å². The molecule has 13 nitrogen and oxygen atoms in total. The molecule has 0 bridgehead atoms. The van der Waals surface area contributed by atoms with E-state index in [2.05, 4.69) is 10.6 Å². The van der Waals surface area contributed by atoms with E-state index in [9.17, 15) is 14.4 Å². The third kappa shape index (κ3) is 11.1. The molecular weight excluding hydrogens is 820 g/mol. The molecule has 1 aromatic heterocycles. The van der Waals surface area contributed by atoms with E-state index in [1.165, 1.54) is 4.90 Å². The summed E-state index contributed by atoms with van der Waals surface area (Å²) in [6, 6.07) is 32.3. The Morgan fingerprint density at radius 3 is 2.02 bits per heavy atom. The van der Waals surface area contributed by atoms with E-state index in [0.29, 0.717) is 46.0 Å². The smallest absolute Gasteiger partial charge is 0.452 e. The van der Waals surface area contributed by atoms with Crippen molar-refractivity contribution in [3.8, 4) is 34.3 Å². The number of nitrogens with one attached hydrogen (secondary N) is 2. The van der Waals surface area contributed by atoms with Crippen molar-refractivity contribution < 1.29 is 42.2 Å². The molecule has 63 heavy (non-hydrogen) atoms. The summed E-state index contributed by atoms with van der Waals surface area (Å²) in [7, 11) is -2.61. The Hall–Kier alpha value is -6.07. The first-order valence-corrected chi connectivity index (χ1v) is 23.3. The van der Waals surface area contributed by atoms with Crippen LogP contribution in [0.4, 0.5) is 4.79 Å². The molecule has 4 aromatic carbocycles. The van der Waals surface area contributed by atoms with Crippen LogP contribution in [0, 0.1) is 5.41 Å². The molecule has 1 aliphatic heterocycles. The summed E-state index contributed by atoms with van der Waals surface area (Å²) in [6.07, 6.45) is 2.70. The first kappa shape index (κ1) is 45.0. The van der Waals surface area contributed by atoms with Gasteiger partial charge in [0.25, 0.3) is 0 Å². The zero-order valence-electron chi connectivity index (χ0n) is 36.5. The van der Waals surface area contributed by atoms with E-state index in [-0.39, 0.29) is 25.5 Å². The Bertz CT molecular complexity index is 2350. The van der Waals surface area contributed by atoms with Crippen molar-refractivity contribution in [1.29, 1.82) is 0 Å². The fraction of sp³-hybridized carbons (Fsp3) is 0.388. The molecule has 0 spiro atoms. The van der Waals surface area contributed by atoms with Crippen LogP contribution in [0.5, 0.6) is 23.0 Å². The molecule has 5 aromatic rings. The number of pyridine rings is 1. The average molecular weight is 877 g/mol. The van der Waals surface area contributed by atoms with Crippen molar-refractivity contribution in [3.63, 3.8) is 0 Å². The Morgan fingerprint density at radius 1 is 0.810 bits per heavy atom. The molecule has 3 amide bonds. The van der Waals surface area contributed by atoms with Crippen molar-refractivity contribution in [3.05, 3.63) is 115 Å². The maximum Gasteiger partial charge on any atom is 0.452 e. The van der Waals surface area contributed by atoms with Gasteiger partial charge >= 0.3 is 13.7 Å². The van der Waals surface area contributed by atoms with Gasteiger partial charge in [0.05, 0.1) is 24.9 Å². The SMILES string of the molecule is CCCC(NC(=O)[C@@H]1C[C@@H](Oc2cc(-c3ccccc3)nc3cc(OC)ccc23)CN1C(=O)[C@@H](NC(=O)OC1CCCC1)C(C)(C)C)P(=O)(Oc1ccccc1)Oc1ccccc1. The number of hydrogen-bond donors (Lipinski definition) is 2. The summed E-state index contributed by atoms with van der Waals surface area (Å²) in [4.78, 5) is 49.6. The zero-order chi connectivity index (χ0) is 44.6. The van der Waals surface area contributed by atoms with Crippen LogP contribution in [0.2, 0.25) is 0 Å². The third-order valence-electron chi connectivity index (χ3n) is 11.3. The highest BCUT2D eigenvalue weighted by Gasteiger charge is 2.48. The molecule has 2 fully saturated rings. The Kier molecular flexibility index (Phi) is 14.3. The van der Waals surface area contributed by atoms with Gasteiger partial charge in [0.15, 0.2) is 5.78 Å². The van der Waals surface area contributed by atoms with Gasteiger partial charge in [0.2, 0.25) is 11.8 Å².